The minimum absolute atomic E-state index is 0.186. The molecule has 1 N–H and O–H groups in total. The fourth-order valence-electron chi connectivity index (χ4n) is 1.32. The van der Waals surface area contributed by atoms with Gasteiger partial charge in [-0.1, -0.05) is 42.5 Å². The van der Waals surface area contributed by atoms with Gasteiger partial charge in [0.1, 0.15) is 0 Å². The molecule has 0 aliphatic heterocycles. The molecule has 0 unspecified atom stereocenters. The number of rotatable bonds is 4. The molecule has 0 atom stereocenters. The van der Waals surface area contributed by atoms with Crippen molar-refractivity contribution >= 4 is 29.5 Å². The lowest BCUT2D eigenvalue weighted by Gasteiger charge is -1.93. The molecule has 0 saturated carbocycles. The highest BCUT2D eigenvalue weighted by Gasteiger charge is 2.02. The van der Waals surface area contributed by atoms with Crippen LogP contribution in [0.4, 0.5) is 0 Å². The number of carbonyl (C=O) groups is 1. The molecule has 3 nitrogen and oxygen atoms in total. The van der Waals surface area contributed by atoms with Crippen molar-refractivity contribution in [2.45, 2.75) is 0 Å². The van der Waals surface area contributed by atoms with Crippen LogP contribution in [0.5, 0.6) is 0 Å². The Bertz CT molecular complexity index is 544. The van der Waals surface area contributed by atoms with Crippen molar-refractivity contribution in [1.82, 2.24) is 5.43 Å². The van der Waals surface area contributed by atoms with Gasteiger partial charge in [0.2, 0.25) is 0 Å². The van der Waals surface area contributed by atoms with Crippen LogP contribution in [0.1, 0.15) is 15.2 Å². The fraction of sp³-hybridized carbons (Fsp3) is 0. The molecule has 0 spiro atoms. The zero-order valence-electron chi connectivity index (χ0n) is 9.61. The summed E-state index contributed by atoms with van der Waals surface area (Å²) in [6.45, 7) is 0. The largest absolute Gasteiger partial charge is 0.281 e. The van der Waals surface area contributed by atoms with E-state index >= 15 is 0 Å². The molecule has 0 radical (unpaired) electrons. The molecule has 0 aliphatic carbocycles. The molecule has 2 aromatic rings. The standard InChI is InChI=1S/C14H12N2OS/c17-14(13-9-5-11-18-13)16-15-10-4-8-12-6-2-1-3-7-12/h1-11H,(H,16,17)/b8-4+,15-10+. The van der Waals surface area contributed by atoms with Crippen LogP contribution in [0.25, 0.3) is 6.08 Å². The first-order chi connectivity index (χ1) is 8.86. The normalized spacial score (nSPS) is 11.1. The SMILES string of the molecule is O=C(N/N=C/C=C/c1ccccc1)c1cccs1. The van der Waals surface area contributed by atoms with E-state index in [1.807, 2.05) is 47.9 Å². The topological polar surface area (TPSA) is 41.5 Å². The van der Waals surface area contributed by atoms with Crippen molar-refractivity contribution < 1.29 is 4.79 Å². The van der Waals surface area contributed by atoms with E-state index in [1.165, 1.54) is 11.3 Å². The number of carbonyl (C=O) groups excluding carboxylic acids is 1. The summed E-state index contributed by atoms with van der Waals surface area (Å²) in [7, 11) is 0. The zero-order chi connectivity index (χ0) is 12.6. The van der Waals surface area contributed by atoms with Gasteiger partial charge in [-0.3, -0.25) is 4.79 Å². The number of hydrogen-bond donors (Lipinski definition) is 1. The zero-order valence-corrected chi connectivity index (χ0v) is 10.4. The highest BCUT2D eigenvalue weighted by Crippen LogP contribution is 2.07. The second-order valence-corrected chi connectivity index (χ2v) is 4.41. The van der Waals surface area contributed by atoms with Crippen molar-refractivity contribution in [1.29, 1.82) is 0 Å². The number of nitrogens with one attached hydrogen (secondary N) is 1. The third kappa shape index (κ3) is 3.68. The molecule has 1 aromatic heterocycles. The van der Waals surface area contributed by atoms with Crippen LogP contribution in [0.15, 0.2) is 59.0 Å². The second-order valence-electron chi connectivity index (χ2n) is 3.47. The van der Waals surface area contributed by atoms with E-state index in [1.54, 1.807) is 18.4 Å². The van der Waals surface area contributed by atoms with Crippen molar-refractivity contribution in [2.24, 2.45) is 5.10 Å². The van der Waals surface area contributed by atoms with Crippen molar-refractivity contribution in [2.75, 3.05) is 0 Å². The molecule has 2 rings (SSSR count). The summed E-state index contributed by atoms with van der Waals surface area (Å²) in [5, 5.41) is 5.69. The minimum atomic E-state index is -0.186. The molecule has 1 heterocycles. The number of benzene rings is 1. The van der Waals surface area contributed by atoms with Crippen LogP contribution in [-0.4, -0.2) is 12.1 Å². The molecule has 0 fully saturated rings. The Balaban J connectivity index is 1.82. The third-order valence-electron chi connectivity index (χ3n) is 2.16. The first-order valence-corrected chi connectivity index (χ1v) is 6.33. The summed E-state index contributed by atoms with van der Waals surface area (Å²) < 4.78 is 0. The van der Waals surface area contributed by atoms with E-state index in [0.717, 1.165) is 5.56 Å². The van der Waals surface area contributed by atoms with Gasteiger partial charge in [-0.15, -0.1) is 11.3 Å². The molecular weight excluding hydrogens is 244 g/mol. The lowest BCUT2D eigenvalue weighted by molar-refractivity contribution is 0.0959. The maximum absolute atomic E-state index is 11.5. The first-order valence-electron chi connectivity index (χ1n) is 5.45. The van der Waals surface area contributed by atoms with Gasteiger partial charge >= 0.3 is 0 Å². The Labute approximate surface area is 109 Å². The fourth-order valence-corrected chi connectivity index (χ4v) is 1.93. The predicted octanol–water partition coefficient (Wildman–Crippen LogP) is 3.18. The average Bonchev–Trinajstić information content (AvgIpc) is 2.93. The van der Waals surface area contributed by atoms with Crippen molar-refractivity contribution in [3.8, 4) is 0 Å². The summed E-state index contributed by atoms with van der Waals surface area (Å²) in [6, 6.07) is 13.5. The van der Waals surface area contributed by atoms with Gasteiger partial charge in [0, 0.05) is 6.21 Å². The van der Waals surface area contributed by atoms with Gasteiger partial charge in [-0.2, -0.15) is 5.10 Å². The Kier molecular flexibility index (Phi) is 4.44. The first kappa shape index (κ1) is 12.3. The lowest BCUT2D eigenvalue weighted by atomic mass is 10.2. The molecule has 1 aromatic carbocycles. The van der Waals surface area contributed by atoms with E-state index in [2.05, 4.69) is 10.5 Å². The quantitative estimate of drug-likeness (QED) is 0.662. The molecule has 0 aliphatic rings. The summed E-state index contributed by atoms with van der Waals surface area (Å²) in [6.07, 6.45) is 5.25. The maximum atomic E-state index is 11.5. The van der Waals surface area contributed by atoms with Gasteiger partial charge in [0.15, 0.2) is 0 Å². The second kappa shape index (κ2) is 6.51. The van der Waals surface area contributed by atoms with E-state index in [4.69, 9.17) is 0 Å². The molecule has 1 amide bonds. The Hall–Kier alpha value is -2.20. The maximum Gasteiger partial charge on any atom is 0.281 e. The summed E-state index contributed by atoms with van der Waals surface area (Å²) in [4.78, 5) is 12.2. The number of hydrazone groups is 1. The monoisotopic (exact) mass is 256 g/mol. The minimum Gasteiger partial charge on any atom is -0.266 e. The molecule has 4 heteroatoms. The summed E-state index contributed by atoms with van der Waals surface area (Å²) >= 11 is 1.39. The van der Waals surface area contributed by atoms with Crippen LogP contribution in [0, 0.1) is 0 Å². The van der Waals surface area contributed by atoms with Gasteiger partial charge in [-0.25, -0.2) is 5.43 Å². The summed E-state index contributed by atoms with van der Waals surface area (Å²) in [5.41, 5.74) is 3.55. The van der Waals surface area contributed by atoms with Gasteiger partial charge in [-0.05, 0) is 23.1 Å². The lowest BCUT2D eigenvalue weighted by Crippen LogP contribution is -2.15. The molecule has 0 bridgehead atoms. The van der Waals surface area contributed by atoms with Crippen LogP contribution in [0.3, 0.4) is 0 Å². The average molecular weight is 256 g/mol. The predicted molar refractivity (Wildman–Crippen MR) is 75.8 cm³/mol. The van der Waals surface area contributed by atoms with Gasteiger partial charge in [0.05, 0.1) is 4.88 Å². The Morgan fingerprint density at radius 1 is 1.17 bits per heavy atom. The number of hydrogen-bond acceptors (Lipinski definition) is 3. The van der Waals surface area contributed by atoms with Gasteiger partial charge < -0.3 is 0 Å². The third-order valence-corrected chi connectivity index (χ3v) is 3.03. The van der Waals surface area contributed by atoms with Crippen molar-refractivity contribution in [3.63, 3.8) is 0 Å². The molecule has 0 saturated heterocycles. The number of amides is 1. The number of thiophene rings is 1. The smallest absolute Gasteiger partial charge is 0.266 e. The van der Waals surface area contributed by atoms with Crippen LogP contribution >= 0.6 is 11.3 Å². The van der Waals surface area contributed by atoms with Crippen LogP contribution in [0.2, 0.25) is 0 Å². The molecular formula is C14H12N2OS. The number of allylic oxidation sites excluding steroid dienone is 1. The van der Waals surface area contributed by atoms with Crippen LogP contribution in [-0.2, 0) is 0 Å². The molecule has 18 heavy (non-hydrogen) atoms. The van der Waals surface area contributed by atoms with E-state index in [9.17, 15) is 4.79 Å². The highest BCUT2D eigenvalue weighted by atomic mass is 32.1. The van der Waals surface area contributed by atoms with Gasteiger partial charge in [0.25, 0.3) is 5.91 Å². The highest BCUT2D eigenvalue weighted by molar-refractivity contribution is 7.12. The number of nitrogens with zero attached hydrogens (tertiary/aromatic N) is 1. The van der Waals surface area contributed by atoms with E-state index < -0.39 is 0 Å². The van der Waals surface area contributed by atoms with Crippen molar-refractivity contribution in [3.05, 3.63) is 64.4 Å². The van der Waals surface area contributed by atoms with Crippen LogP contribution < -0.4 is 5.43 Å². The Morgan fingerprint density at radius 3 is 2.72 bits per heavy atom. The summed E-state index contributed by atoms with van der Waals surface area (Å²) in [5.74, 6) is -0.186. The Morgan fingerprint density at radius 2 is 2.00 bits per heavy atom. The van der Waals surface area contributed by atoms with E-state index in [-0.39, 0.29) is 5.91 Å². The van der Waals surface area contributed by atoms with E-state index in [0.29, 0.717) is 4.88 Å². The molecule has 90 valence electrons.